The first-order chi connectivity index (χ1) is 8.52. The Balaban J connectivity index is 2.72. The van der Waals surface area contributed by atoms with E-state index >= 15 is 0 Å². The van der Waals surface area contributed by atoms with E-state index in [1.165, 1.54) is 30.3 Å². The van der Waals surface area contributed by atoms with Crippen molar-refractivity contribution < 1.29 is 13.6 Å². The number of halogens is 2. The van der Waals surface area contributed by atoms with Crippen molar-refractivity contribution in [3.05, 3.63) is 58.7 Å². The molecule has 0 aliphatic rings. The van der Waals surface area contributed by atoms with Gasteiger partial charge in [0.15, 0.2) is 0 Å². The van der Waals surface area contributed by atoms with Gasteiger partial charge in [-0.1, -0.05) is 0 Å². The van der Waals surface area contributed by atoms with Gasteiger partial charge in [0.1, 0.15) is 17.9 Å². The Hall–Kier alpha value is -2.03. The van der Waals surface area contributed by atoms with E-state index in [1.54, 1.807) is 13.8 Å². The van der Waals surface area contributed by atoms with E-state index in [1.807, 2.05) is 0 Å². The second-order valence-corrected chi connectivity index (χ2v) is 4.27. The fraction of sp³-hybridized carbons (Fsp3) is 0.133. The number of aryl methyl sites for hydroxylation is 2. The van der Waals surface area contributed by atoms with Crippen molar-refractivity contribution in [3.8, 4) is 11.1 Å². The minimum absolute atomic E-state index is 0.328. The monoisotopic (exact) mass is 246 g/mol. The third kappa shape index (κ3) is 2.16. The second kappa shape index (κ2) is 4.69. The van der Waals surface area contributed by atoms with Crippen molar-refractivity contribution in [1.29, 1.82) is 0 Å². The fourth-order valence-electron chi connectivity index (χ4n) is 2.14. The lowest BCUT2D eigenvalue weighted by molar-refractivity contribution is 0.112. The van der Waals surface area contributed by atoms with Gasteiger partial charge in [0, 0.05) is 11.1 Å². The quantitative estimate of drug-likeness (QED) is 0.730. The first-order valence-corrected chi connectivity index (χ1v) is 5.55. The van der Waals surface area contributed by atoms with Crippen LogP contribution in [0.5, 0.6) is 0 Å². The zero-order valence-electron chi connectivity index (χ0n) is 10.1. The number of carbonyl (C=O) groups excluding carboxylic acids is 1. The molecular formula is C15H12F2O. The summed E-state index contributed by atoms with van der Waals surface area (Å²) in [6.45, 7) is 3.44. The Morgan fingerprint density at radius 1 is 1.00 bits per heavy atom. The molecule has 0 aliphatic carbocycles. The molecule has 0 saturated carbocycles. The molecule has 1 nitrogen and oxygen atoms in total. The highest BCUT2D eigenvalue weighted by Crippen LogP contribution is 2.30. The lowest BCUT2D eigenvalue weighted by atomic mass is 9.94. The Labute approximate surface area is 104 Å². The number of aldehydes is 1. The van der Waals surface area contributed by atoms with Crippen molar-refractivity contribution in [2.45, 2.75) is 13.8 Å². The van der Waals surface area contributed by atoms with Crippen molar-refractivity contribution in [3.63, 3.8) is 0 Å². The number of rotatable bonds is 2. The predicted molar refractivity (Wildman–Crippen MR) is 66.7 cm³/mol. The largest absolute Gasteiger partial charge is 0.298 e. The number of benzene rings is 2. The summed E-state index contributed by atoms with van der Waals surface area (Å²) in [4.78, 5) is 10.7. The third-order valence-corrected chi connectivity index (χ3v) is 2.89. The van der Waals surface area contributed by atoms with Crippen molar-refractivity contribution in [2.75, 3.05) is 0 Å². The average Bonchev–Trinajstić information content (AvgIpc) is 2.30. The lowest BCUT2D eigenvalue weighted by Gasteiger charge is -2.12. The lowest BCUT2D eigenvalue weighted by Crippen LogP contribution is -1.94. The molecule has 2 aromatic rings. The molecule has 0 aromatic heterocycles. The van der Waals surface area contributed by atoms with Gasteiger partial charge in [-0.2, -0.15) is 0 Å². The summed E-state index contributed by atoms with van der Waals surface area (Å²) >= 11 is 0. The normalized spacial score (nSPS) is 10.4. The summed E-state index contributed by atoms with van der Waals surface area (Å²) in [5.41, 5.74) is 2.66. The molecule has 0 unspecified atom stereocenters. The van der Waals surface area contributed by atoms with Crippen molar-refractivity contribution >= 4 is 6.29 Å². The van der Waals surface area contributed by atoms with Crippen LogP contribution in [0.3, 0.4) is 0 Å². The first-order valence-electron chi connectivity index (χ1n) is 5.55. The van der Waals surface area contributed by atoms with Gasteiger partial charge < -0.3 is 0 Å². The van der Waals surface area contributed by atoms with Crippen LogP contribution in [0.2, 0.25) is 0 Å². The van der Waals surface area contributed by atoms with E-state index in [0.717, 1.165) is 0 Å². The number of hydrogen-bond donors (Lipinski definition) is 0. The van der Waals surface area contributed by atoms with E-state index in [9.17, 15) is 13.6 Å². The van der Waals surface area contributed by atoms with Gasteiger partial charge in [-0.15, -0.1) is 0 Å². The Morgan fingerprint density at radius 2 is 1.61 bits per heavy atom. The van der Waals surface area contributed by atoms with Crippen LogP contribution in [0.1, 0.15) is 21.5 Å². The molecule has 0 heterocycles. The number of hydrogen-bond acceptors (Lipinski definition) is 1. The van der Waals surface area contributed by atoms with Gasteiger partial charge in [0.05, 0.1) is 0 Å². The summed E-state index contributed by atoms with van der Waals surface area (Å²) in [5.74, 6) is -0.765. The summed E-state index contributed by atoms with van der Waals surface area (Å²) in [6, 6.07) is 6.86. The highest BCUT2D eigenvalue weighted by molar-refractivity contribution is 5.80. The van der Waals surface area contributed by atoms with E-state index in [4.69, 9.17) is 0 Å². The molecule has 0 amide bonds. The highest BCUT2D eigenvalue weighted by Gasteiger charge is 2.12. The minimum atomic E-state index is -0.418. The average molecular weight is 246 g/mol. The molecule has 3 heteroatoms. The summed E-state index contributed by atoms with van der Waals surface area (Å²) < 4.78 is 27.1. The SMILES string of the molecule is Cc1cc(F)cc(C)c1-c1cc(C=O)ccc1F. The molecule has 92 valence electrons. The van der Waals surface area contributed by atoms with E-state index < -0.39 is 5.82 Å². The minimum Gasteiger partial charge on any atom is -0.298 e. The zero-order chi connectivity index (χ0) is 13.3. The van der Waals surface area contributed by atoms with Crippen LogP contribution < -0.4 is 0 Å². The zero-order valence-corrected chi connectivity index (χ0v) is 10.1. The molecule has 0 fully saturated rings. The highest BCUT2D eigenvalue weighted by atomic mass is 19.1. The molecule has 0 atom stereocenters. The standard InChI is InChI=1S/C15H12F2O/c1-9-5-12(16)6-10(2)15(9)13-7-11(8-18)3-4-14(13)17/h3-8H,1-2H3. The van der Waals surface area contributed by atoms with Gasteiger partial charge in [-0.3, -0.25) is 4.79 Å². The van der Waals surface area contributed by atoms with E-state index in [-0.39, 0.29) is 5.82 Å². The summed E-state index contributed by atoms with van der Waals surface area (Å²) in [7, 11) is 0. The molecule has 2 rings (SSSR count). The fourth-order valence-corrected chi connectivity index (χ4v) is 2.14. The van der Waals surface area contributed by atoms with Gasteiger partial charge in [-0.25, -0.2) is 8.78 Å². The molecule has 0 N–H and O–H groups in total. The Kier molecular flexibility index (Phi) is 3.24. The molecule has 2 aromatic carbocycles. The van der Waals surface area contributed by atoms with Crippen LogP contribution in [0, 0.1) is 25.5 Å². The molecule has 18 heavy (non-hydrogen) atoms. The second-order valence-electron chi connectivity index (χ2n) is 4.27. The van der Waals surface area contributed by atoms with Crippen molar-refractivity contribution in [2.24, 2.45) is 0 Å². The molecule has 0 spiro atoms. The van der Waals surface area contributed by atoms with Gasteiger partial charge >= 0.3 is 0 Å². The Bertz CT molecular complexity index is 595. The van der Waals surface area contributed by atoms with Gasteiger partial charge in [-0.05, 0) is 60.9 Å². The maximum absolute atomic E-state index is 13.8. The molecule has 0 radical (unpaired) electrons. The van der Waals surface area contributed by atoms with Crippen LogP contribution in [0.15, 0.2) is 30.3 Å². The molecule has 0 saturated heterocycles. The van der Waals surface area contributed by atoms with E-state index in [0.29, 0.717) is 34.1 Å². The van der Waals surface area contributed by atoms with Crippen LogP contribution in [-0.4, -0.2) is 6.29 Å². The van der Waals surface area contributed by atoms with Gasteiger partial charge in [0.25, 0.3) is 0 Å². The Morgan fingerprint density at radius 3 is 2.17 bits per heavy atom. The van der Waals surface area contributed by atoms with Crippen molar-refractivity contribution in [1.82, 2.24) is 0 Å². The summed E-state index contributed by atoms with van der Waals surface area (Å²) in [5, 5.41) is 0. The molecular weight excluding hydrogens is 234 g/mol. The topological polar surface area (TPSA) is 17.1 Å². The van der Waals surface area contributed by atoms with Crippen LogP contribution in [-0.2, 0) is 0 Å². The maximum atomic E-state index is 13.8. The summed E-state index contributed by atoms with van der Waals surface area (Å²) in [6.07, 6.45) is 0.664. The van der Waals surface area contributed by atoms with E-state index in [2.05, 4.69) is 0 Å². The number of carbonyl (C=O) groups is 1. The smallest absolute Gasteiger partial charge is 0.150 e. The predicted octanol–water partition coefficient (Wildman–Crippen LogP) is 4.06. The molecule has 0 bridgehead atoms. The van der Waals surface area contributed by atoms with Crippen LogP contribution in [0.4, 0.5) is 8.78 Å². The van der Waals surface area contributed by atoms with Crippen LogP contribution in [0.25, 0.3) is 11.1 Å². The first kappa shape index (κ1) is 12.4. The maximum Gasteiger partial charge on any atom is 0.150 e. The van der Waals surface area contributed by atoms with Crippen LogP contribution >= 0.6 is 0 Å². The third-order valence-electron chi connectivity index (χ3n) is 2.89. The molecule has 0 aliphatic heterocycles. The van der Waals surface area contributed by atoms with Gasteiger partial charge in [0.2, 0.25) is 0 Å².